The lowest BCUT2D eigenvalue weighted by atomic mass is 10.1. The molecule has 0 radical (unpaired) electrons. The number of nitrogens with zero attached hydrogens (tertiary/aromatic N) is 3. The largest absolute Gasteiger partial charge is 0.481 e. The normalized spacial score (nSPS) is 10.3. The molecular weight excluding hydrogens is 274 g/mol. The number of hydrogen-bond acceptors (Lipinski definition) is 5. The van der Waals surface area contributed by atoms with Crippen molar-refractivity contribution >= 4 is 17.6 Å². The summed E-state index contributed by atoms with van der Waals surface area (Å²) < 4.78 is 1.40. The quantitative estimate of drug-likeness (QED) is 0.688. The van der Waals surface area contributed by atoms with Crippen LogP contribution in [0.4, 0.5) is 5.69 Å². The van der Waals surface area contributed by atoms with Gasteiger partial charge >= 0.3 is 5.97 Å². The third kappa shape index (κ3) is 4.39. The van der Waals surface area contributed by atoms with Crippen LogP contribution in [0.2, 0.25) is 0 Å². The first-order chi connectivity index (χ1) is 10.1. The fourth-order valence-corrected chi connectivity index (χ4v) is 1.74. The van der Waals surface area contributed by atoms with Crippen LogP contribution in [0.25, 0.3) is 0 Å². The fraction of sp³-hybridized carbons (Fsp3) is 0.231. The number of nitrogens with two attached hydrogens (primary N) is 1. The first-order valence-electron chi connectivity index (χ1n) is 6.26. The van der Waals surface area contributed by atoms with Crippen molar-refractivity contribution in [3.05, 3.63) is 41.7 Å². The maximum absolute atomic E-state index is 11.8. The van der Waals surface area contributed by atoms with Crippen LogP contribution in [-0.2, 0) is 29.1 Å². The Hall–Kier alpha value is -2.74. The Labute approximate surface area is 120 Å². The molecule has 1 aromatic heterocycles. The summed E-state index contributed by atoms with van der Waals surface area (Å²) in [4.78, 5) is 22.4. The van der Waals surface area contributed by atoms with Gasteiger partial charge in [-0.05, 0) is 17.7 Å². The zero-order chi connectivity index (χ0) is 15.2. The van der Waals surface area contributed by atoms with Crippen molar-refractivity contribution in [1.29, 1.82) is 0 Å². The van der Waals surface area contributed by atoms with E-state index in [1.807, 2.05) is 0 Å². The Balaban J connectivity index is 1.91. The smallest absolute Gasteiger partial charge is 0.307 e. The van der Waals surface area contributed by atoms with Crippen LogP contribution < -0.4 is 11.1 Å². The number of rotatable bonds is 6. The van der Waals surface area contributed by atoms with Gasteiger partial charge in [0.15, 0.2) is 0 Å². The molecule has 0 unspecified atom stereocenters. The molecular formula is C13H15N5O3. The lowest BCUT2D eigenvalue weighted by Gasteiger charge is -2.05. The molecule has 0 atom stereocenters. The van der Waals surface area contributed by atoms with Crippen molar-refractivity contribution in [3.8, 4) is 0 Å². The second-order valence-electron chi connectivity index (χ2n) is 4.43. The predicted octanol–water partition coefficient (Wildman–Crippen LogP) is 0.00260. The van der Waals surface area contributed by atoms with E-state index >= 15 is 0 Å². The molecule has 0 saturated heterocycles. The van der Waals surface area contributed by atoms with Gasteiger partial charge < -0.3 is 16.2 Å². The molecule has 0 fully saturated rings. The third-order valence-corrected chi connectivity index (χ3v) is 2.69. The molecule has 2 aromatic rings. The average Bonchev–Trinajstić information content (AvgIpc) is 2.88. The summed E-state index contributed by atoms with van der Waals surface area (Å²) in [6, 6.07) is 6.63. The summed E-state index contributed by atoms with van der Waals surface area (Å²) in [6.07, 6.45) is 1.56. The Morgan fingerprint density at radius 1 is 1.29 bits per heavy atom. The molecule has 0 aliphatic carbocycles. The van der Waals surface area contributed by atoms with E-state index in [1.165, 1.54) is 4.68 Å². The van der Waals surface area contributed by atoms with Gasteiger partial charge in [0.1, 0.15) is 6.54 Å². The van der Waals surface area contributed by atoms with Crippen LogP contribution in [0.3, 0.4) is 0 Å². The van der Waals surface area contributed by atoms with E-state index in [-0.39, 0.29) is 25.4 Å². The van der Waals surface area contributed by atoms with Gasteiger partial charge in [-0.25, -0.2) is 4.68 Å². The maximum atomic E-state index is 11.8. The van der Waals surface area contributed by atoms with E-state index in [0.717, 1.165) is 0 Å². The van der Waals surface area contributed by atoms with Crippen molar-refractivity contribution in [1.82, 2.24) is 15.0 Å². The molecule has 1 heterocycles. The minimum absolute atomic E-state index is 0.0316. The zero-order valence-electron chi connectivity index (χ0n) is 11.2. The van der Waals surface area contributed by atoms with E-state index < -0.39 is 5.97 Å². The second kappa shape index (κ2) is 6.62. The lowest BCUT2D eigenvalue weighted by Crippen LogP contribution is -2.19. The predicted molar refractivity (Wildman–Crippen MR) is 74.3 cm³/mol. The molecule has 2 rings (SSSR count). The van der Waals surface area contributed by atoms with Gasteiger partial charge in [-0.1, -0.05) is 17.3 Å². The number of carbonyl (C=O) groups is 2. The molecule has 1 amide bonds. The standard InChI is InChI=1S/C13H15N5O3/c14-6-11-7-18(17-16-11)8-12(19)15-10-3-1-9(2-4-10)5-13(20)21/h1-4,7H,5-6,8,14H2,(H,15,19)(H,20,21). The van der Waals surface area contributed by atoms with Crippen molar-refractivity contribution < 1.29 is 14.7 Å². The third-order valence-electron chi connectivity index (χ3n) is 2.69. The van der Waals surface area contributed by atoms with Crippen LogP contribution in [-0.4, -0.2) is 32.0 Å². The van der Waals surface area contributed by atoms with E-state index in [0.29, 0.717) is 16.9 Å². The molecule has 21 heavy (non-hydrogen) atoms. The molecule has 0 saturated carbocycles. The summed E-state index contributed by atoms with van der Waals surface area (Å²) in [5.41, 5.74) is 7.28. The second-order valence-corrected chi connectivity index (χ2v) is 4.43. The number of aromatic nitrogens is 3. The number of benzene rings is 1. The monoisotopic (exact) mass is 289 g/mol. The maximum Gasteiger partial charge on any atom is 0.307 e. The van der Waals surface area contributed by atoms with Crippen LogP contribution in [0, 0.1) is 0 Å². The molecule has 0 spiro atoms. The highest BCUT2D eigenvalue weighted by atomic mass is 16.4. The fourth-order valence-electron chi connectivity index (χ4n) is 1.74. The number of aliphatic carboxylic acids is 1. The topological polar surface area (TPSA) is 123 Å². The van der Waals surface area contributed by atoms with Crippen LogP contribution in [0.15, 0.2) is 30.5 Å². The summed E-state index contributed by atoms with van der Waals surface area (Å²) >= 11 is 0. The Bertz CT molecular complexity index is 636. The minimum Gasteiger partial charge on any atom is -0.481 e. The van der Waals surface area contributed by atoms with Gasteiger partial charge in [-0.2, -0.15) is 0 Å². The van der Waals surface area contributed by atoms with Gasteiger partial charge in [0.05, 0.1) is 18.3 Å². The van der Waals surface area contributed by atoms with Crippen molar-refractivity contribution in [2.45, 2.75) is 19.5 Å². The number of nitrogens with one attached hydrogen (secondary N) is 1. The summed E-state index contributed by atoms with van der Waals surface area (Å²) in [5, 5.41) is 18.9. The summed E-state index contributed by atoms with van der Waals surface area (Å²) in [7, 11) is 0. The van der Waals surface area contributed by atoms with Gasteiger partial charge in [0.2, 0.25) is 5.91 Å². The van der Waals surface area contributed by atoms with Gasteiger partial charge in [-0.15, -0.1) is 5.10 Å². The number of carboxylic acids is 1. The Kier molecular flexibility index (Phi) is 4.62. The number of carbonyl (C=O) groups excluding carboxylic acids is 1. The van der Waals surface area contributed by atoms with Crippen LogP contribution in [0.1, 0.15) is 11.3 Å². The highest BCUT2D eigenvalue weighted by molar-refractivity contribution is 5.90. The first-order valence-corrected chi connectivity index (χ1v) is 6.26. The molecule has 1 aromatic carbocycles. The van der Waals surface area contributed by atoms with Crippen LogP contribution >= 0.6 is 0 Å². The van der Waals surface area contributed by atoms with E-state index in [2.05, 4.69) is 15.6 Å². The molecule has 0 aliphatic heterocycles. The number of anilines is 1. The van der Waals surface area contributed by atoms with E-state index in [1.54, 1.807) is 30.5 Å². The van der Waals surface area contributed by atoms with Gasteiger partial charge in [-0.3, -0.25) is 9.59 Å². The molecule has 8 heteroatoms. The average molecular weight is 289 g/mol. The number of hydrogen-bond donors (Lipinski definition) is 3. The molecule has 4 N–H and O–H groups in total. The highest BCUT2D eigenvalue weighted by Crippen LogP contribution is 2.10. The highest BCUT2D eigenvalue weighted by Gasteiger charge is 2.06. The summed E-state index contributed by atoms with van der Waals surface area (Å²) in [6.45, 7) is 0.302. The molecule has 0 aliphatic rings. The first kappa shape index (κ1) is 14.7. The van der Waals surface area contributed by atoms with Gasteiger partial charge in [0, 0.05) is 12.2 Å². The van der Waals surface area contributed by atoms with E-state index in [9.17, 15) is 9.59 Å². The van der Waals surface area contributed by atoms with Crippen LogP contribution in [0.5, 0.6) is 0 Å². The minimum atomic E-state index is -0.895. The summed E-state index contributed by atoms with van der Waals surface area (Å²) in [5.74, 6) is -1.15. The zero-order valence-corrected chi connectivity index (χ0v) is 11.2. The SMILES string of the molecule is NCc1cn(CC(=O)Nc2ccc(CC(=O)O)cc2)nn1. The van der Waals surface area contributed by atoms with E-state index in [4.69, 9.17) is 10.8 Å². The molecule has 110 valence electrons. The Morgan fingerprint density at radius 2 is 2.00 bits per heavy atom. The van der Waals surface area contributed by atoms with Crippen molar-refractivity contribution in [2.75, 3.05) is 5.32 Å². The number of carboxylic acid groups (broad SMARTS) is 1. The van der Waals surface area contributed by atoms with Crippen molar-refractivity contribution in [2.24, 2.45) is 5.73 Å². The Morgan fingerprint density at radius 3 is 2.57 bits per heavy atom. The van der Waals surface area contributed by atoms with Crippen molar-refractivity contribution in [3.63, 3.8) is 0 Å². The van der Waals surface area contributed by atoms with Gasteiger partial charge in [0.25, 0.3) is 0 Å². The molecule has 8 nitrogen and oxygen atoms in total. The lowest BCUT2D eigenvalue weighted by molar-refractivity contribution is -0.136. The number of amides is 1. The molecule has 0 bridgehead atoms.